The van der Waals surface area contributed by atoms with E-state index in [-0.39, 0.29) is 22.9 Å². The fraction of sp³-hybridized carbons (Fsp3) is 0.412. The Labute approximate surface area is 150 Å². The Hall–Kier alpha value is -2.94. The molecule has 0 fully saturated rings. The van der Waals surface area contributed by atoms with Crippen LogP contribution in [0.25, 0.3) is 0 Å². The van der Waals surface area contributed by atoms with Crippen LogP contribution in [0.5, 0.6) is 6.01 Å². The van der Waals surface area contributed by atoms with Gasteiger partial charge in [-0.3, -0.25) is 9.47 Å². The summed E-state index contributed by atoms with van der Waals surface area (Å²) >= 11 is 0. The van der Waals surface area contributed by atoms with Crippen molar-refractivity contribution in [3.63, 3.8) is 0 Å². The van der Waals surface area contributed by atoms with E-state index in [1.165, 1.54) is 6.20 Å². The Morgan fingerprint density at radius 1 is 1.38 bits per heavy atom. The van der Waals surface area contributed by atoms with Gasteiger partial charge >= 0.3 is 17.8 Å². The van der Waals surface area contributed by atoms with Crippen LogP contribution in [0.4, 0.5) is 5.82 Å². The average Bonchev–Trinajstić information content (AvgIpc) is 2.95. The molecular weight excluding hydrogens is 340 g/mol. The molecule has 26 heavy (non-hydrogen) atoms. The minimum atomic E-state index is -0.953. The van der Waals surface area contributed by atoms with Gasteiger partial charge in [0.1, 0.15) is 12.8 Å². The van der Waals surface area contributed by atoms with E-state index in [2.05, 4.69) is 23.7 Å². The monoisotopic (exact) mass is 360 g/mol. The smallest absolute Gasteiger partial charge is 0.414 e. The highest BCUT2D eigenvalue weighted by Gasteiger charge is 2.33. The van der Waals surface area contributed by atoms with Crippen molar-refractivity contribution in [2.45, 2.75) is 32.5 Å². The summed E-state index contributed by atoms with van der Waals surface area (Å²) in [6.07, 6.45) is 1.39. The number of carbonyl (C=O) groups is 1. The predicted octanol–water partition coefficient (Wildman–Crippen LogP) is 2.16. The van der Waals surface area contributed by atoms with Gasteiger partial charge in [-0.15, -0.1) is 0 Å². The highest BCUT2D eigenvalue weighted by atomic mass is 16.6. The molecular formula is C17H20N4O5. The van der Waals surface area contributed by atoms with E-state index < -0.39 is 10.9 Å². The highest BCUT2D eigenvalue weighted by Crippen LogP contribution is 2.27. The number of hydrogen-bond donors (Lipinski definition) is 1. The minimum absolute atomic E-state index is 0.228. The summed E-state index contributed by atoms with van der Waals surface area (Å²) in [5.74, 6) is -1.18. The summed E-state index contributed by atoms with van der Waals surface area (Å²) < 4.78 is 7.26. The van der Waals surface area contributed by atoms with Gasteiger partial charge in [-0.1, -0.05) is 12.1 Å². The maximum atomic E-state index is 11.0. The lowest BCUT2D eigenvalue weighted by Gasteiger charge is -2.40. The van der Waals surface area contributed by atoms with E-state index in [1.807, 2.05) is 0 Å². The van der Waals surface area contributed by atoms with Gasteiger partial charge in [0.05, 0.1) is 5.56 Å². The zero-order valence-electron chi connectivity index (χ0n) is 14.6. The molecule has 2 heterocycles. The van der Waals surface area contributed by atoms with Gasteiger partial charge in [-0.25, -0.2) is 4.79 Å². The molecule has 3 rings (SSSR count). The first-order chi connectivity index (χ1) is 12.3. The van der Waals surface area contributed by atoms with Gasteiger partial charge in [0.2, 0.25) is 0 Å². The average molecular weight is 360 g/mol. The maximum Gasteiger partial charge on any atom is 0.414 e. The first kappa shape index (κ1) is 17.9. The van der Waals surface area contributed by atoms with Gasteiger partial charge in [0.25, 0.3) is 0 Å². The lowest BCUT2D eigenvalue weighted by atomic mass is 10.0. The van der Waals surface area contributed by atoms with Crippen LogP contribution in [0.3, 0.4) is 0 Å². The zero-order valence-corrected chi connectivity index (χ0v) is 14.6. The van der Waals surface area contributed by atoms with Crippen molar-refractivity contribution in [1.82, 2.24) is 14.5 Å². The van der Waals surface area contributed by atoms with Crippen LogP contribution in [0.15, 0.2) is 30.5 Å². The number of benzene rings is 1. The molecule has 0 saturated heterocycles. The van der Waals surface area contributed by atoms with Gasteiger partial charge in [0.15, 0.2) is 0 Å². The second-order valence-corrected chi connectivity index (χ2v) is 6.85. The van der Waals surface area contributed by atoms with Gasteiger partial charge in [-0.05, 0) is 36.5 Å². The molecule has 1 aromatic heterocycles. The second-order valence-electron chi connectivity index (χ2n) is 6.85. The number of rotatable bonds is 4. The molecule has 0 radical (unpaired) electrons. The van der Waals surface area contributed by atoms with Crippen LogP contribution >= 0.6 is 0 Å². The van der Waals surface area contributed by atoms with E-state index >= 15 is 0 Å². The topological polar surface area (TPSA) is 111 Å². The third-order valence-electron chi connectivity index (χ3n) is 4.49. The van der Waals surface area contributed by atoms with E-state index in [1.54, 1.807) is 28.8 Å². The van der Waals surface area contributed by atoms with E-state index in [0.717, 1.165) is 5.56 Å². The number of fused-ring (bicyclic) bond motifs is 1. The number of carboxylic acid groups (broad SMARTS) is 1. The summed E-state index contributed by atoms with van der Waals surface area (Å²) in [5.41, 5.74) is 0.929. The van der Waals surface area contributed by atoms with Gasteiger partial charge < -0.3 is 20.0 Å². The van der Waals surface area contributed by atoms with Crippen LogP contribution in [-0.2, 0) is 13.1 Å². The standard InChI is InChI=1S/C17H20N4O5/c1-17(2)11-19-10-14(21(24)25)18-16(19)26-8-7-20(17)9-12-3-5-13(6-4-12)15(22)23/h3-6,10H,7-9,11H2,1-2H3,(H,22,23). The molecule has 1 aliphatic rings. The number of ether oxygens (including phenoxy) is 1. The third kappa shape index (κ3) is 3.67. The van der Waals surface area contributed by atoms with Crippen molar-refractivity contribution in [1.29, 1.82) is 0 Å². The Kier molecular flexibility index (Phi) is 4.64. The van der Waals surface area contributed by atoms with Crippen molar-refractivity contribution >= 4 is 11.8 Å². The molecule has 0 atom stereocenters. The van der Waals surface area contributed by atoms with Crippen LogP contribution in [0.1, 0.15) is 29.8 Å². The molecule has 1 N–H and O–H groups in total. The number of imidazole rings is 1. The van der Waals surface area contributed by atoms with Crippen LogP contribution in [0, 0.1) is 10.1 Å². The first-order valence-electron chi connectivity index (χ1n) is 8.18. The quantitative estimate of drug-likeness (QED) is 0.657. The molecule has 0 spiro atoms. The minimum Gasteiger partial charge on any atom is -0.478 e. The van der Waals surface area contributed by atoms with E-state index in [4.69, 9.17) is 9.84 Å². The van der Waals surface area contributed by atoms with Crippen molar-refractivity contribution in [2.75, 3.05) is 13.2 Å². The first-order valence-corrected chi connectivity index (χ1v) is 8.18. The summed E-state index contributed by atoms with van der Waals surface area (Å²) in [5, 5.41) is 20.0. The molecule has 9 heteroatoms. The Morgan fingerprint density at radius 3 is 2.69 bits per heavy atom. The number of nitro groups is 1. The third-order valence-corrected chi connectivity index (χ3v) is 4.49. The fourth-order valence-electron chi connectivity index (χ4n) is 3.03. The van der Waals surface area contributed by atoms with Crippen LogP contribution in [-0.4, -0.2) is 49.1 Å². The van der Waals surface area contributed by atoms with Crippen LogP contribution in [0.2, 0.25) is 0 Å². The molecule has 1 aliphatic heterocycles. The number of aromatic nitrogens is 2. The lowest BCUT2D eigenvalue weighted by molar-refractivity contribution is -0.389. The summed E-state index contributed by atoms with van der Waals surface area (Å²) in [6.45, 7) is 6.18. The summed E-state index contributed by atoms with van der Waals surface area (Å²) in [4.78, 5) is 27.5. The summed E-state index contributed by atoms with van der Waals surface area (Å²) in [6, 6.07) is 7.03. The molecule has 0 amide bonds. The lowest BCUT2D eigenvalue weighted by Crippen LogP contribution is -2.49. The number of hydrogen-bond acceptors (Lipinski definition) is 6. The number of aromatic carboxylic acids is 1. The highest BCUT2D eigenvalue weighted by molar-refractivity contribution is 5.87. The molecule has 2 aromatic rings. The largest absolute Gasteiger partial charge is 0.478 e. The van der Waals surface area contributed by atoms with Crippen molar-refractivity contribution in [3.05, 3.63) is 51.7 Å². The fourth-order valence-corrected chi connectivity index (χ4v) is 3.03. The number of carboxylic acids is 1. The molecule has 1 aromatic carbocycles. The molecule has 0 unspecified atom stereocenters. The van der Waals surface area contributed by atoms with E-state index in [9.17, 15) is 14.9 Å². The molecule has 9 nitrogen and oxygen atoms in total. The van der Waals surface area contributed by atoms with Crippen molar-refractivity contribution in [3.8, 4) is 6.01 Å². The summed E-state index contributed by atoms with van der Waals surface area (Å²) in [7, 11) is 0. The Balaban J connectivity index is 1.80. The Bertz CT molecular complexity index is 828. The normalized spacial score (nSPS) is 16.8. The SMILES string of the molecule is CC1(C)Cn2cc([N+](=O)[O-])nc2OCCN1Cc1ccc(C(=O)O)cc1. The van der Waals surface area contributed by atoms with Crippen LogP contribution < -0.4 is 4.74 Å². The molecule has 0 bridgehead atoms. The van der Waals surface area contributed by atoms with E-state index in [0.29, 0.717) is 26.2 Å². The Morgan fingerprint density at radius 2 is 2.08 bits per heavy atom. The van der Waals surface area contributed by atoms with Crippen molar-refractivity contribution in [2.24, 2.45) is 0 Å². The second kappa shape index (κ2) is 6.75. The number of nitrogens with zero attached hydrogens (tertiary/aromatic N) is 4. The molecule has 0 saturated carbocycles. The zero-order chi connectivity index (χ0) is 18.9. The van der Waals surface area contributed by atoms with Gasteiger partial charge in [0, 0.05) is 30.2 Å². The predicted molar refractivity (Wildman–Crippen MR) is 92.3 cm³/mol. The molecule has 0 aliphatic carbocycles. The van der Waals surface area contributed by atoms with Gasteiger partial charge in [-0.2, -0.15) is 0 Å². The maximum absolute atomic E-state index is 11.0. The van der Waals surface area contributed by atoms with Crippen molar-refractivity contribution < 1.29 is 19.6 Å². The molecule has 138 valence electrons.